The molecule has 1 aromatic carbocycles. The van der Waals surface area contributed by atoms with Crippen molar-refractivity contribution in [2.75, 3.05) is 0 Å². The highest BCUT2D eigenvalue weighted by atomic mass is 16.6. The molecule has 0 aromatic heterocycles. The van der Waals surface area contributed by atoms with Crippen LogP contribution in [0.25, 0.3) is 0 Å². The average Bonchev–Trinajstić information content (AvgIpc) is 3.12. The van der Waals surface area contributed by atoms with Crippen LogP contribution in [0.1, 0.15) is 45.6 Å². The fourth-order valence-electron chi connectivity index (χ4n) is 3.75. The molecule has 2 aliphatic rings. The molecule has 2 amide bonds. The molecule has 3 atom stereocenters. The molecular weight excluding hydrogens is 368 g/mol. The predicted octanol–water partition coefficient (Wildman–Crippen LogP) is 3.71. The van der Waals surface area contributed by atoms with Crippen molar-refractivity contribution in [1.29, 1.82) is 0 Å². The quantitative estimate of drug-likeness (QED) is 0.820. The standard InChI is InChI=1S/C23H30N2O4/c1-23(2,3)29-22(27)25-19(13-14-20(25)21(24)26)17-9-11-18(12-10-17)28-15-16-7-5-4-6-8-16/h4-11,18-20H,12-15H2,1-3H3,(H2,24,26)/t18?,19-,20+/m1/s1. The number of hydrogen-bond donors (Lipinski definition) is 1. The minimum atomic E-state index is -0.642. The van der Waals surface area contributed by atoms with Gasteiger partial charge in [-0.3, -0.25) is 9.69 Å². The Bertz CT molecular complexity index is 795. The van der Waals surface area contributed by atoms with Crippen molar-refractivity contribution in [2.24, 2.45) is 5.73 Å². The molecule has 3 rings (SSSR count). The number of hydrogen-bond acceptors (Lipinski definition) is 4. The van der Waals surface area contributed by atoms with Gasteiger partial charge in [0.25, 0.3) is 0 Å². The highest BCUT2D eigenvalue weighted by Gasteiger charge is 2.43. The normalized spacial score (nSPS) is 24.3. The van der Waals surface area contributed by atoms with Gasteiger partial charge in [0.05, 0.1) is 18.8 Å². The summed E-state index contributed by atoms with van der Waals surface area (Å²) in [5.41, 5.74) is 7.04. The van der Waals surface area contributed by atoms with E-state index in [1.54, 1.807) is 0 Å². The first-order chi connectivity index (χ1) is 13.7. The Balaban J connectivity index is 1.65. The van der Waals surface area contributed by atoms with Crippen molar-refractivity contribution in [1.82, 2.24) is 4.90 Å². The molecule has 6 nitrogen and oxygen atoms in total. The summed E-state index contributed by atoms with van der Waals surface area (Å²) in [5, 5.41) is 0. The van der Waals surface area contributed by atoms with Gasteiger partial charge in [-0.15, -0.1) is 0 Å². The Labute approximate surface area is 172 Å². The van der Waals surface area contributed by atoms with Crippen molar-refractivity contribution in [3.05, 3.63) is 59.7 Å². The van der Waals surface area contributed by atoms with E-state index in [0.29, 0.717) is 19.4 Å². The second kappa shape index (κ2) is 8.82. The molecule has 0 saturated carbocycles. The summed E-state index contributed by atoms with van der Waals surface area (Å²) in [7, 11) is 0. The zero-order valence-electron chi connectivity index (χ0n) is 17.3. The summed E-state index contributed by atoms with van der Waals surface area (Å²) in [6.07, 6.45) is 7.52. The summed E-state index contributed by atoms with van der Waals surface area (Å²) in [6.45, 7) is 5.98. The Morgan fingerprint density at radius 2 is 1.90 bits per heavy atom. The van der Waals surface area contributed by atoms with Crippen LogP contribution in [0.15, 0.2) is 54.1 Å². The highest BCUT2D eigenvalue weighted by molar-refractivity contribution is 5.85. The van der Waals surface area contributed by atoms with E-state index in [0.717, 1.165) is 17.6 Å². The van der Waals surface area contributed by atoms with Crippen LogP contribution in [0.3, 0.4) is 0 Å². The molecule has 1 aliphatic heterocycles. The van der Waals surface area contributed by atoms with Crippen LogP contribution in [0.4, 0.5) is 4.79 Å². The Kier molecular flexibility index (Phi) is 6.42. The molecule has 0 spiro atoms. The van der Waals surface area contributed by atoms with Gasteiger partial charge < -0.3 is 15.2 Å². The largest absolute Gasteiger partial charge is 0.444 e. The third-order valence-electron chi connectivity index (χ3n) is 5.10. The van der Waals surface area contributed by atoms with Crippen LogP contribution >= 0.6 is 0 Å². The van der Waals surface area contributed by atoms with Crippen LogP contribution < -0.4 is 5.73 Å². The second-order valence-corrected chi connectivity index (χ2v) is 8.53. The zero-order chi connectivity index (χ0) is 21.0. The summed E-state index contributed by atoms with van der Waals surface area (Å²) < 4.78 is 11.5. The third kappa shape index (κ3) is 5.48. The SMILES string of the molecule is CC(C)(C)OC(=O)N1[C@@H](C2=CCC(OCc3ccccc3)C=C2)CC[C@H]1C(N)=O. The smallest absolute Gasteiger partial charge is 0.411 e. The maximum absolute atomic E-state index is 12.8. The average molecular weight is 399 g/mol. The molecule has 1 heterocycles. The van der Waals surface area contributed by atoms with E-state index in [9.17, 15) is 9.59 Å². The highest BCUT2D eigenvalue weighted by Crippen LogP contribution is 2.33. The Morgan fingerprint density at radius 1 is 1.17 bits per heavy atom. The van der Waals surface area contributed by atoms with Crippen molar-refractivity contribution >= 4 is 12.0 Å². The van der Waals surface area contributed by atoms with E-state index in [4.69, 9.17) is 15.2 Å². The molecule has 1 unspecified atom stereocenters. The molecule has 6 heteroatoms. The topological polar surface area (TPSA) is 81.9 Å². The van der Waals surface area contributed by atoms with Gasteiger partial charge in [0.15, 0.2) is 0 Å². The fourth-order valence-corrected chi connectivity index (χ4v) is 3.75. The van der Waals surface area contributed by atoms with E-state index < -0.39 is 23.6 Å². The number of primary amides is 1. The first-order valence-electron chi connectivity index (χ1n) is 10.1. The number of nitrogens with zero attached hydrogens (tertiary/aromatic N) is 1. The van der Waals surface area contributed by atoms with Crippen LogP contribution in [-0.4, -0.2) is 40.7 Å². The van der Waals surface area contributed by atoms with Crippen LogP contribution in [-0.2, 0) is 20.9 Å². The molecule has 0 radical (unpaired) electrons. The lowest BCUT2D eigenvalue weighted by molar-refractivity contribution is -0.122. The number of amides is 2. The summed E-state index contributed by atoms with van der Waals surface area (Å²) >= 11 is 0. The second-order valence-electron chi connectivity index (χ2n) is 8.53. The summed E-state index contributed by atoms with van der Waals surface area (Å²) in [6, 6.07) is 9.19. The number of ether oxygens (including phenoxy) is 2. The van der Waals surface area contributed by atoms with Crippen molar-refractivity contribution in [3.8, 4) is 0 Å². The van der Waals surface area contributed by atoms with Crippen LogP contribution in [0, 0.1) is 0 Å². The van der Waals surface area contributed by atoms with E-state index in [1.807, 2.05) is 63.3 Å². The van der Waals surface area contributed by atoms with Gasteiger partial charge in [0.2, 0.25) is 5.91 Å². The lowest BCUT2D eigenvalue weighted by Gasteiger charge is -2.33. The van der Waals surface area contributed by atoms with Crippen molar-refractivity contribution in [3.63, 3.8) is 0 Å². The lowest BCUT2D eigenvalue weighted by atomic mass is 9.97. The maximum atomic E-state index is 12.8. The first-order valence-corrected chi connectivity index (χ1v) is 10.1. The van der Waals surface area contributed by atoms with Gasteiger partial charge in [0, 0.05) is 0 Å². The molecule has 1 fully saturated rings. The Morgan fingerprint density at radius 3 is 2.48 bits per heavy atom. The van der Waals surface area contributed by atoms with Crippen LogP contribution in [0.5, 0.6) is 0 Å². The fraction of sp³-hybridized carbons (Fsp3) is 0.478. The monoisotopic (exact) mass is 398 g/mol. The molecule has 1 aromatic rings. The number of nitrogens with two attached hydrogens (primary N) is 1. The molecule has 1 aliphatic carbocycles. The van der Waals surface area contributed by atoms with E-state index >= 15 is 0 Å². The van der Waals surface area contributed by atoms with E-state index in [1.165, 1.54) is 4.90 Å². The van der Waals surface area contributed by atoms with Gasteiger partial charge in [-0.25, -0.2) is 4.79 Å². The van der Waals surface area contributed by atoms with E-state index in [-0.39, 0.29) is 12.1 Å². The van der Waals surface area contributed by atoms with Gasteiger partial charge in [-0.2, -0.15) is 0 Å². The predicted molar refractivity (Wildman–Crippen MR) is 111 cm³/mol. The lowest BCUT2D eigenvalue weighted by Crippen LogP contribution is -2.49. The maximum Gasteiger partial charge on any atom is 0.411 e. The number of carbonyl (C=O) groups is 2. The minimum absolute atomic E-state index is 0.0118. The minimum Gasteiger partial charge on any atom is -0.444 e. The molecular formula is C23H30N2O4. The van der Waals surface area contributed by atoms with Gasteiger partial charge >= 0.3 is 6.09 Å². The molecule has 0 bridgehead atoms. The zero-order valence-corrected chi connectivity index (χ0v) is 17.3. The van der Waals surface area contributed by atoms with Crippen molar-refractivity contribution in [2.45, 2.75) is 70.4 Å². The number of benzene rings is 1. The Hall–Kier alpha value is -2.60. The number of carbonyl (C=O) groups excluding carboxylic acids is 2. The van der Waals surface area contributed by atoms with Crippen LogP contribution in [0.2, 0.25) is 0 Å². The van der Waals surface area contributed by atoms with Gasteiger partial charge in [-0.05, 0) is 51.2 Å². The molecule has 1 saturated heterocycles. The summed E-state index contributed by atoms with van der Waals surface area (Å²) in [5.74, 6) is -0.497. The number of likely N-dealkylation sites (tertiary alicyclic amines) is 1. The number of rotatable bonds is 5. The van der Waals surface area contributed by atoms with E-state index in [2.05, 4.69) is 6.08 Å². The van der Waals surface area contributed by atoms with Gasteiger partial charge in [0.1, 0.15) is 11.6 Å². The van der Waals surface area contributed by atoms with Crippen molar-refractivity contribution < 1.29 is 19.1 Å². The first kappa shape index (κ1) is 21.1. The molecule has 29 heavy (non-hydrogen) atoms. The summed E-state index contributed by atoms with van der Waals surface area (Å²) in [4.78, 5) is 26.2. The molecule has 156 valence electrons. The van der Waals surface area contributed by atoms with Gasteiger partial charge in [-0.1, -0.05) is 48.6 Å². The molecule has 2 N–H and O–H groups in total. The third-order valence-corrected chi connectivity index (χ3v) is 5.10.